The second-order valence-electron chi connectivity index (χ2n) is 8.00. The number of carbonyl (C=O) groups is 1. The van der Waals surface area contributed by atoms with Gasteiger partial charge in [0.1, 0.15) is 17.1 Å². The van der Waals surface area contributed by atoms with E-state index in [0.29, 0.717) is 34.4 Å². The standard InChI is InChI=1S/C23H27ClFN3O4S2.ClH/c1-27(2)13-5-14-28(23-26-21-19(32-3)12-11-18(24)22(21)33-23)20(29)6-4-15-34(30,31)17-9-7-16(25)8-10-17;/h7-12H,4-6,13-15H2,1-3H3;1H. The number of carbonyl (C=O) groups excluding carboxylic acids is 1. The van der Waals surface area contributed by atoms with Crippen LogP contribution in [0.1, 0.15) is 19.3 Å². The fourth-order valence-corrected chi connectivity index (χ4v) is 6.01. The van der Waals surface area contributed by atoms with Crippen LogP contribution < -0.4 is 9.64 Å². The zero-order valence-corrected chi connectivity index (χ0v) is 22.9. The predicted molar refractivity (Wildman–Crippen MR) is 142 cm³/mol. The van der Waals surface area contributed by atoms with E-state index in [4.69, 9.17) is 16.3 Å². The summed E-state index contributed by atoms with van der Waals surface area (Å²) in [6.07, 6.45) is 0.883. The highest BCUT2D eigenvalue weighted by atomic mass is 35.5. The molecule has 3 aromatic rings. The van der Waals surface area contributed by atoms with Crippen LogP contribution in [0.15, 0.2) is 41.3 Å². The predicted octanol–water partition coefficient (Wildman–Crippen LogP) is 5.06. The second kappa shape index (κ2) is 12.8. The summed E-state index contributed by atoms with van der Waals surface area (Å²) in [6, 6.07) is 8.14. The van der Waals surface area contributed by atoms with Gasteiger partial charge in [0, 0.05) is 13.0 Å². The third kappa shape index (κ3) is 7.50. The van der Waals surface area contributed by atoms with Crippen molar-refractivity contribution in [3.8, 4) is 5.75 Å². The molecule has 0 spiro atoms. The lowest BCUT2D eigenvalue weighted by molar-refractivity contribution is -0.118. The van der Waals surface area contributed by atoms with E-state index in [2.05, 4.69) is 4.98 Å². The van der Waals surface area contributed by atoms with Crippen molar-refractivity contribution in [2.45, 2.75) is 24.2 Å². The normalized spacial score (nSPS) is 11.5. The Balaban J connectivity index is 0.00000432. The minimum absolute atomic E-state index is 0. The van der Waals surface area contributed by atoms with Crippen molar-refractivity contribution in [3.05, 3.63) is 47.2 Å². The van der Waals surface area contributed by atoms with Crippen molar-refractivity contribution in [1.29, 1.82) is 0 Å². The molecule has 0 aliphatic rings. The first-order chi connectivity index (χ1) is 16.1. The van der Waals surface area contributed by atoms with Gasteiger partial charge in [-0.2, -0.15) is 0 Å². The summed E-state index contributed by atoms with van der Waals surface area (Å²) < 4.78 is 44.3. The Morgan fingerprint density at radius 1 is 1.11 bits per heavy atom. The monoisotopic (exact) mass is 563 g/mol. The zero-order valence-electron chi connectivity index (χ0n) is 19.7. The average Bonchev–Trinajstić information content (AvgIpc) is 3.23. The van der Waals surface area contributed by atoms with Crippen molar-refractivity contribution in [2.24, 2.45) is 0 Å². The number of rotatable bonds is 11. The molecule has 0 saturated carbocycles. The summed E-state index contributed by atoms with van der Waals surface area (Å²) in [7, 11) is 1.83. The SMILES string of the molecule is COc1ccc(Cl)c2sc(N(CCCN(C)C)C(=O)CCCS(=O)(=O)c3ccc(F)cc3)nc12.Cl. The fourth-order valence-electron chi connectivity index (χ4n) is 3.40. The molecule has 2 aromatic carbocycles. The van der Waals surface area contributed by atoms with Gasteiger partial charge in [-0.15, -0.1) is 12.4 Å². The van der Waals surface area contributed by atoms with Crippen LogP contribution in [-0.2, 0) is 14.6 Å². The van der Waals surface area contributed by atoms with Crippen LogP contribution in [0.3, 0.4) is 0 Å². The Morgan fingerprint density at radius 3 is 2.43 bits per heavy atom. The van der Waals surface area contributed by atoms with Crippen molar-refractivity contribution in [3.63, 3.8) is 0 Å². The summed E-state index contributed by atoms with van der Waals surface area (Å²) in [5.74, 6) is -0.375. The lowest BCUT2D eigenvalue weighted by atomic mass is 10.3. The van der Waals surface area contributed by atoms with Gasteiger partial charge in [-0.3, -0.25) is 9.69 Å². The molecule has 0 fully saturated rings. The number of hydrogen-bond acceptors (Lipinski definition) is 7. The Hall–Kier alpha value is -1.98. The number of amides is 1. The molecule has 1 amide bonds. The summed E-state index contributed by atoms with van der Waals surface area (Å²) in [4.78, 5) is 21.5. The van der Waals surface area contributed by atoms with E-state index < -0.39 is 15.7 Å². The minimum atomic E-state index is -3.62. The maximum Gasteiger partial charge on any atom is 0.228 e. The molecule has 0 radical (unpaired) electrons. The first-order valence-electron chi connectivity index (χ1n) is 10.7. The first kappa shape index (κ1) is 29.3. The zero-order chi connectivity index (χ0) is 24.9. The Kier molecular flexibility index (Phi) is 10.7. The van der Waals surface area contributed by atoms with Gasteiger partial charge in [0.2, 0.25) is 5.91 Å². The van der Waals surface area contributed by atoms with Crippen LogP contribution in [0.5, 0.6) is 5.75 Å². The van der Waals surface area contributed by atoms with Gasteiger partial charge < -0.3 is 9.64 Å². The van der Waals surface area contributed by atoms with Crippen LogP contribution in [-0.4, -0.2) is 64.3 Å². The molecule has 0 atom stereocenters. The molecule has 0 unspecified atom stereocenters. The number of benzene rings is 2. The van der Waals surface area contributed by atoms with Crippen molar-refractivity contribution in [2.75, 3.05) is 44.9 Å². The van der Waals surface area contributed by atoms with E-state index in [1.807, 2.05) is 19.0 Å². The highest BCUT2D eigenvalue weighted by Crippen LogP contribution is 2.39. The average molecular weight is 565 g/mol. The van der Waals surface area contributed by atoms with Gasteiger partial charge in [-0.25, -0.2) is 17.8 Å². The first-order valence-corrected chi connectivity index (χ1v) is 13.5. The smallest absolute Gasteiger partial charge is 0.228 e. The van der Waals surface area contributed by atoms with E-state index in [1.54, 1.807) is 24.1 Å². The lowest BCUT2D eigenvalue weighted by Gasteiger charge is -2.21. The van der Waals surface area contributed by atoms with Crippen molar-refractivity contribution >= 4 is 66.4 Å². The molecule has 1 heterocycles. The third-order valence-corrected chi connectivity index (χ3v) is 8.52. The van der Waals surface area contributed by atoms with Crippen LogP contribution in [0.2, 0.25) is 5.02 Å². The fraction of sp³-hybridized carbons (Fsp3) is 0.391. The number of thiazole rings is 1. The molecule has 12 heteroatoms. The molecular weight excluding hydrogens is 536 g/mol. The highest BCUT2D eigenvalue weighted by molar-refractivity contribution is 7.91. The number of hydrogen-bond donors (Lipinski definition) is 0. The van der Waals surface area contributed by atoms with Gasteiger partial charge in [-0.05, 0) is 69.9 Å². The summed E-state index contributed by atoms with van der Waals surface area (Å²) in [5, 5.41) is 1.01. The Bertz CT molecular complexity index is 1250. The number of halogens is 3. The number of nitrogens with zero attached hydrogens (tertiary/aromatic N) is 3. The number of anilines is 1. The largest absolute Gasteiger partial charge is 0.494 e. The van der Waals surface area contributed by atoms with E-state index in [1.165, 1.54) is 23.5 Å². The molecule has 0 aliphatic carbocycles. The number of ether oxygens (including phenoxy) is 1. The number of sulfone groups is 1. The Labute approximate surface area is 220 Å². The summed E-state index contributed by atoms with van der Waals surface area (Å²) in [6.45, 7) is 1.21. The summed E-state index contributed by atoms with van der Waals surface area (Å²) >= 11 is 7.65. The summed E-state index contributed by atoms with van der Waals surface area (Å²) in [5.41, 5.74) is 0.583. The van der Waals surface area contributed by atoms with E-state index >= 15 is 0 Å². The van der Waals surface area contributed by atoms with E-state index in [9.17, 15) is 17.6 Å². The van der Waals surface area contributed by atoms with Gasteiger partial charge in [-0.1, -0.05) is 22.9 Å². The van der Waals surface area contributed by atoms with Crippen LogP contribution in [0.4, 0.5) is 9.52 Å². The van der Waals surface area contributed by atoms with Gasteiger partial charge in [0.05, 0.1) is 27.5 Å². The van der Waals surface area contributed by atoms with Gasteiger partial charge >= 0.3 is 0 Å². The maximum absolute atomic E-state index is 13.2. The van der Waals surface area contributed by atoms with Crippen LogP contribution in [0.25, 0.3) is 10.2 Å². The molecule has 0 N–H and O–H groups in total. The third-order valence-electron chi connectivity index (χ3n) is 5.16. The van der Waals surface area contributed by atoms with Crippen LogP contribution in [0, 0.1) is 5.82 Å². The van der Waals surface area contributed by atoms with E-state index in [-0.39, 0.29) is 41.8 Å². The highest BCUT2D eigenvalue weighted by Gasteiger charge is 2.23. The topological polar surface area (TPSA) is 79.8 Å². The second-order valence-corrected chi connectivity index (χ2v) is 11.5. The number of aromatic nitrogens is 1. The van der Waals surface area contributed by atoms with Gasteiger partial charge in [0.15, 0.2) is 15.0 Å². The molecule has 0 bridgehead atoms. The molecule has 192 valence electrons. The molecular formula is C23H28Cl2FN3O4S2. The molecule has 1 aromatic heterocycles. The van der Waals surface area contributed by atoms with Crippen molar-refractivity contribution < 1.29 is 22.3 Å². The van der Waals surface area contributed by atoms with Gasteiger partial charge in [0.25, 0.3) is 0 Å². The Morgan fingerprint density at radius 2 is 1.80 bits per heavy atom. The molecule has 0 saturated heterocycles. The van der Waals surface area contributed by atoms with Crippen molar-refractivity contribution in [1.82, 2.24) is 9.88 Å². The molecule has 7 nitrogen and oxygen atoms in total. The molecule has 3 rings (SSSR count). The maximum atomic E-state index is 13.2. The number of methoxy groups -OCH3 is 1. The van der Waals surface area contributed by atoms with E-state index in [0.717, 1.165) is 23.4 Å². The van der Waals surface area contributed by atoms with Crippen LogP contribution >= 0.6 is 35.3 Å². The number of fused-ring (bicyclic) bond motifs is 1. The minimum Gasteiger partial charge on any atom is -0.494 e. The quantitative estimate of drug-likeness (QED) is 0.303. The molecule has 35 heavy (non-hydrogen) atoms. The molecule has 0 aliphatic heterocycles. The lowest BCUT2D eigenvalue weighted by Crippen LogP contribution is -2.33.